The fourth-order valence-electron chi connectivity index (χ4n) is 1.65. The first kappa shape index (κ1) is 10.5. The molecular weight excluding hydrogens is 194 g/mol. The van der Waals surface area contributed by atoms with E-state index < -0.39 is 0 Å². The van der Waals surface area contributed by atoms with Crippen LogP contribution < -0.4 is 5.32 Å². The summed E-state index contributed by atoms with van der Waals surface area (Å²) in [6.45, 7) is 1.37. The van der Waals surface area contributed by atoms with Gasteiger partial charge in [0.1, 0.15) is 6.33 Å². The van der Waals surface area contributed by atoms with Crippen LogP contribution in [0.25, 0.3) is 0 Å². The summed E-state index contributed by atoms with van der Waals surface area (Å²) in [6.07, 6.45) is 5.82. The molecule has 2 rings (SSSR count). The fraction of sp³-hybridized carbons (Fsp3) is 0.600. The van der Waals surface area contributed by atoms with Gasteiger partial charge in [-0.15, -0.1) is 0 Å². The van der Waals surface area contributed by atoms with E-state index in [1.54, 1.807) is 0 Å². The highest BCUT2D eigenvalue weighted by atomic mass is 16.7. The second-order valence-corrected chi connectivity index (χ2v) is 3.42. The molecule has 1 fully saturated rings. The maximum absolute atomic E-state index is 5.40. The summed E-state index contributed by atoms with van der Waals surface area (Å²) in [6, 6.07) is 0.175. The molecule has 0 spiro atoms. The van der Waals surface area contributed by atoms with Crippen LogP contribution >= 0.6 is 0 Å². The lowest BCUT2D eigenvalue weighted by atomic mass is 10.1. The Morgan fingerprint density at radius 3 is 2.67 bits per heavy atom. The molecule has 0 aliphatic carbocycles. The van der Waals surface area contributed by atoms with E-state index in [-0.39, 0.29) is 12.3 Å². The minimum Gasteiger partial charge on any atom is -0.350 e. The molecule has 1 aromatic rings. The van der Waals surface area contributed by atoms with Gasteiger partial charge in [-0.05, 0) is 7.05 Å². The predicted octanol–water partition coefficient (Wildman–Crippen LogP) is 0.500. The standard InChI is InChI=1S/C10H15N3O2/c1-11-9(4-10-14-2-3-15-10)8-5-12-7-13-6-8/h5-7,9-11H,2-4H2,1H3. The van der Waals surface area contributed by atoms with Gasteiger partial charge in [0.2, 0.25) is 0 Å². The van der Waals surface area contributed by atoms with Gasteiger partial charge in [-0.1, -0.05) is 0 Å². The first-order valence-corrected chi connectivity index (χ1v) is 5.05. The molecular formula is C10H15N3O2. The van der Waals surface area contributed by atoms with Crippen molar-refractivity contribution in [3.8, 4) is 0 Å². The normalized spacial score (nSPS) is 19.3. The molecule has 15 heavy (non-hydrogen) atoms. The SMILES string of the molecule is CNC(CC1OCCO1)c1cncnc1. The van der Waals surface area contributed by atoms with Crippen LogP contribution in [0.4, 0.5) is 0 Å². The average Bonchev–Trinajstić information content (AvgIpc) is 2.80. The zero-order valence-electron chi connectivity index (χ0n) is 8.72. The number of nitrogens with zero attached hydrogens (tertiary/aromatic N) is 2. The van der Waals surface area contributed by atoms with E-state index in [0.717, 1.165) is 12.0 Å². The summed E-state index contributed by atoms with van der Waals surface area (Å²) in [4.78, 5) is 7.99. The van der Waals surface area contributed by atoms with Gasteiger partial charge in [0.15, 0.2) is 6.29 Å². The summed E-state index contributed by atoms with van der Waals surface area (Å²) < 4.78 is 10.8. The molecule has 0 radical (unpaired) electrons. The molecule has 2 heterocycles. The van der Waals surface area contributed by atoms with E-state index in [1.807, 2.05) is 19.4 Å². The van der Waals surface area contributed by atoms with Crippen molar-refractivity contribution in [2.45, 2.75) is 18.8 Å². The molecule has 1 N–H and O–H groups in total. The number of ether oxygens (including phenoxy) is 2. The van der Waals surface area contributed by atoms with E-state index in [1.165, 1.54) is 6.33 Å². The molecule has 5 heteroatoms. The Kier molecular flexibility index (Phi) is 3.60. The summed E-state index contributed by atoms with van der Waals surface area (Å²) >= 11 is 0. The maximum atomic E-state index is 5.40. The lowest BCUT2D eigenvalue weighted by molar-refractivity contribution is -0.0526. The number of rotatable bonds is 4. The smallest absolute Gasteiger partial charge is 0.159 e. The van der Waals surface area contributed by atoms with Crippen molar-refractivity contribution in [2.24, 2.45) is 0 Å². The molecule has 1 aliphatic rings. The third-order valence-corrected chi connectivity index (χ3v) is 2.45. The minimum atomic E-state index is -0.109. The number of nitrogens with one attached hydrogen (secondary N) is 1. The van der Waals surface area contributed by atoms with Gasteiger partial charge >= 0.3 is 0 Å². The molecule has 1 aliphatic heterocycles. The van der Waals surface area contributed by atoms with Crippen LogP contribution in [0.1, 0.15) is 18.0 Å². The van der Waals surface area contributed by atoms with Crippen LogP contribution in [0.5, 0.6) is 0 Å². The summed E-state index contributed by atoms with van der Waals surface area (Å²) in [5, 5.41) is 3.21. The van der Waals surface area contributed by atoms with Gasteiger partial charge in [-0.2, -0.15) is 0 Å². The van der Waals surface area contributed by atoms with Crippen molar-refractivity contribution in [1.82, 2.24) is 15.3 Å². The molecule has 1 atom stereocenters. The third kappa shape index (κ3) is 2.71. The summed E-state index contributed by atoms with van der Waals surface area (Å²) in [5.41, 5.74) is 1.05. The van der Waals surface area contributed by atoms with Gasteiger partial charge in [0, 0.05) is 30.4 Å². The number of aromatic nitrogens is 2. The Morgan fingerprint density at radius 2 is 2.07 bits per heavy atom. The Labute approximate surface area is 88.8 Å². The van der Waals surface area contributed by atoms with Gasteiger partial charge in [-0.3, -0.25) is 0 Å². The third-order valence-electron chi connectivity index (χ3n) is 2.45. The molecule has 1 aromatic heterocycles. The Morgan fingerprint density at radius 1 is 1.40 bits per heavy atom. The Bertz CT molecular complexity index is 288. The molecule has 1 unspecified atom stereocenters. The second-order valence-electron chi connectivity index (χ2n) is 3.42. The van der Waals surface area contributed by atoms with Crippen molar-refractivity contribution in [3.63, 3.8) is 0 Å². The van der Waals surface area contributed by atoms with Crippen LogP contribution in [0, 0.1) is 0 Å². The maximum Gasteiger partial charge on any atom is 0.159 e. The zero-order chi connectivity index (χ0) is 10.5. The van der Waals surface area contributed by atoms with Crippen molar-refractivity contribution in [3.05, 3.63) is 24.3 Å². The first-order valence-electron chi connectivity index (χ1n) is 5.05. The summed E-state index contributed by atoms with van der Waals surface area (Å²) in [5.74, 6) is 0. The highest BCUT2D eigenvalue weighted by Gasteiger charge is 2.21. The van der Waals surface area contributed by atoms with Crippen molar-refractivity contribution < 1.29 is 9.47 Å². The van der Waals surface area contributed by atoms with Gasteiger partial charge in [0.25, 0.3) is 0 Å². The van der Waals surface area contributed by atoms with Crippen LogP contribution in [-0.4, -0.2) is 36.5 Å². The van der Waals surface area contributed by atoms with E-state index in [4.69, 9.17) is 9.47 Å². The van der Waals surface area contributed by atoms with Gasteiger partial charge in [0.05, 0.1) is 13.2 Å². The largest absolute Gasteiger partial charge is 0.350 e. The first-order chi connectivity index (χ1) is 7.40. The zero-order valence-corrected chi connectivity index (χ0v) is 8.72. The number of hydrogen-bond acceptors (Lipinski definition) is 5. The lowest BCUT2D eigenvalue weighted by Crippen LogP contribution is -2.23. The van der Waals surface area contributed by atoms with Crippen molar-refractivity contribution in [2.75, 3.05) is 20.3 Å². The van der Waals surface area contributed by atoms with Crippen LogP contribution in [0.3, 0.4) is 0 Å². The topological polar surface area (TPSA) is 56.3 Å². The molecule has 82 valence electrons. The van der Waals surface area contributed by atoms with E-state index >= 15 is 0 Å². The molecule has 5 nitrogen and oxygen atoms in total. The molecule has 0 aromatic carbocycles. The second kappa shape index (κ2) is 5.16. The van der Waals surface area contributed by atoms with E-state index in [0.29, 0.717) is 13.2 Å². The average molecular weight is 209 g/mol. The van der Waals surface area contributed by atoms with Crippen molar-refractivity contribution >= 4 is 0 Å². The fourth-order valence-corrected chi connectivity index (χ4v) is 1.65. The Hall–Kier alpha value is -1.04. The van der Waals surface area contributed by atoms with E-state index in [9.17, 15) is 0 Å². The highest BCUT2D eigenvalue weighted by Crippen LogP contribution is 2.20. The lowest BCUT2D eigenvalue weighted by Gasteiger charge is -2.18. The van der Waals surface area contributed by atoms with Crippen LogP contribution in [0.15, 0.2) is 18.7 Å². The highest BCUT2D eigenvalue weighted by molar-refractivity contribution is 5.09. The van der Waals surface area contributed by atoms with Gasteiger partial charge in [-0.25, -0.2) is 9.97 Å². The molecule has 0 amide bonds. The van der Waals surface area contributed by atoms with Crippen molar-refractivity contribution in [1.29, 1.82) is 0 Å². The molecule has 1 saturated heterocycles. The minimum absolute atomic E-state index is 0.109. The van der Waals surface area contributed by atoms with Gasteiger partial charge < -0.3 is 14.8 Å². The summed E-state index contributed by atoms with van der Waals surface area (Å²) in [7, 11) is 1.91. The molecule has 0 saturated carbocycles. The van der Waals surface area contributed by atoms with Crippen LogP contribution in [-0.2, 0) is 9.47 Å². The quantitative estimate of drug-likeness (QED) is 0.782. The molecule has 0 bridgehead atoms. The monoisotopic (exact) mass is 209 g/mol. The van der Waals surface area contributed by atoms with E-state index in [2.05, 4.69) is 15.3 Å². The van der Waals surface area contributed by atoms with Crippen LogP contribution in [0.2, 0.25) is 0 Å². The number of hydrogen-bond donors (Lipinski definition) is 1. The predicted molar refractivity (Wildman–Crippen MR) is 54.1 cm³/mol. The Balaban J connectivity index is 1.97.